The van der Waals surface area contributed by atoms with Crippen molar-refractivity contribution in [1.29, 1.82) is 0 Å². The van der Waals surface area contributed by atoms with Crippen LogP contribution in [0.3, 0.4) is 0 Å². The SMILES string of the molecule is Cc1cnn(-c2c(Cl)cccc2NC(N)=S)c1. The van der Waals surface area contributed by atoms with Crippen molar-refractivity contribution in [2.45, 2.75) is 6.92 Å². The average molecular weight is 267 g/mol. The van der Waals surface area contributed by atoms with Crippen LogP contribution in [0.2, 0.25) is 5.02 Å². The highest BCUT2D eigenvalue weighted by atomic mass is 35.5. The molecule has 0 amide bonds. The number of para-hydroxylation sites is 1. The first-order chi connectivity index (χ1) is 8.08. The van der Waals surface area contributed by atoms with E-state index in [2.05, 4.69) is 10.4 Å². The summed E-state index contributed by atoms with van der Waals surface area (Å²) in [5.74, 6) is 0. The van der Waals surface area contributed by atoms with Crippen LogP contribution in [0.4, 0.5) is 5.69 Å². The third-order valence-corrected chi connectivity index (χ3v) is 2.59. The number of rotatable bonds is 2. The first kappa shape index (κ1) is 11.9. The normalized spacial score (nSPS) is 10.2. The van der Waals surface area contributed by atoms with Gasteiger partial charge < -0.3 is 11.1 Å². The Morgan fingerprint density at radius 3 is 2.88 bits per heavy atom. The molecule has 3 N–H and O–H groups in total. The minimum Gasteiger partial charge on any atom is -0.376 e. The molecule has 0 saturated heterocycles. The number of benzene rings is 1. The predicted octanol–water partition coefficient (Wildman–Crippen LogP) is 2.49. The highest BCUT2D eigenvalue weighted by Gasteiger charge is 2.10. The molecular formula is C11H11ClN4S. The van der Waals surface area contributed by atoms with Crippen LogP contribution in [0.25, 0.3) is 5.69 Å². The molecule has 0 atom stereocenters. The van der Waals surface area contributed by atoms with Crippen LogP contribution in [0, 0.1) is 6.92 Å². The summed E-state index contributed by atoms with van der Waals surface area (Å²) in [4.78, 5) is 0. The van der Waals surface area contributed by atoms with Gasteiger partial charge in [0.1, 0.15) is 5.69 Å². The number of nitrogens with two attached hydrogens (primary N) is 1. The molecule has 0 aliphatic heterocycles. The number of hydrogen-bond acceptors (Lipinski definition) is 2. The molecule has 4 nitrogen and oxygen atoms in total. The van der Waals surface area contributed by atoms with Gasteiger partial charge in [-0.2, -0.15) is 5.10 Å². The Kier molecular flexibility index (Phi) is 3.31. The third-order valence-electron chi connectivity index (χ3n) is 2.19. The summed E-state index contributed by atoms with van der Waals surface area (Å²) in [6, 6.07) is 5.46. The van der Waals surface area contributed by atoms with Gasteiger partial charge in [-0.05, 0) is 36.8 Å². The maximum Gasteiger partial charge on any atom is 0.168 e. The number of aryl methyl sites for hydroxylation is 1. The Labute approximate surface area is 109 Å². The van der Waals surface area contributed by atoms with Crippen molar-refractivity contribution in [3.05, 3.63) is 41.2 Å². The number of thiocarbonyl (C=S) groups is 1. The summed E-state index contributed by atoms with van der Waals surface area (Å²) >= 11 is 11.0. The number of nitrogens with zero attached hydrogens (tertiary/aromatic N) is 2. The Morgan fingerprint density at radius 2 is 2.29 bits per heavy atom. The highest BCUT2D eigenvalue weighted by Crippen LogP contribution is 2.28. The summed E-state index contributed by atoms with van der Waals surface area (Å²) in [5.41, 5.74) is 7.98. The summed E-state index contributed by atoms with van der Waals surface area (Å²) in [5, 5.41) is 7.88. The molecule has 0 fully saturated rings. The van der Waals surface area contributed by atoms with Crippen LogP contribution in [0.5, 0.6) is 0 Å². The molecule has 0 bridgehead atoms. The molecule has 1 aromatic carbocycles. The standard InChI is InChI=1S/C11H11ClN4S/c1-7-5-14-16(6-7)10-8(12)3-2-4-9(10)15-11(13)17/h2-6H,1H3,(H3,13,15,17). The summed E-state index contributed by atoms with van der Waals surface area (Å²) in [7, 11) is 0. The lowest BCUT2D eigenvalue weighted by molar-refractivity contribution is 0.882. The second kappa shape index (κ2) is 4.73. The number of aromatic nitrogens is 2. The topological polar surface area (TPSA) is 55.9 Å². The van der Waals surface area contributed by atoms with Crippen molar-refractivity contribution in [2.24, 2.45) is 5.73 Å². The number of hydrogen-bond donors (Lipinski definition) is 2. The van der Waals surface area contributed by atoms with Crippen LogP contribution in [-0.2, 0) is 0 Å². The second-order valence-corrected chi connectivity index (χ2v) is 4.43. The van der Waals surface area contributed by atoms with Crippen LogP contribution in [-0.4, -0.2) is 14.9 Å². The van der Waals surface area contributed by atoms with Gasteiger partial charge >= 0.3 is 0 Å². The molecule has 0 aliphatic carbocycles. The third kappa shape index (κ3) is 2.57. The van der Waals surface area contributed by atoms with E-state index in [0.29, 0.717) is 5.02 Å². The zero-order valence-corrected chi connectivity index (χ0v) is 10.7. The van der Waals surface area contributed by atoms with Gasteiger partial charge in [-0.1, -0.05) is 17.7 Å². The lowest BCUT2D eigenvalue weighted by Crippen LogP contribution is -2.20. The molecule has 0 saturated carbocycles. The molecule has 0 spiro atoms. The molecule has 17 heavy (non-hydrogen) atoms. The van der Waals surface area contributed by atoms with Gasteiger partial charge in [0.25, 0.3) is 0 Å². The lowest BCUT2D eigenvalue weighted by atomic mass is 10.2. The molecule has 0 radical (unpaired) electrons. The fraction of sp³-hybridized carbons (Fsp3) is 0.0909. The number of nitrogens with one attached hydrogen (secondary N) is 1. The van der Waals surface area contributed by atoms with E-state index < -0.39 is 0 Å². The van der Waals surface area contributed by atoms with Crippen molar-refractivity contribution in [3.63, 3.8) is 0 Å². The summed E-state index contributed by atoms with van der Waals surface area (Å²) in [6.07, 6.45) is 3.64. The largest absolute Gasteiger partial charge is 0.376 e. The van der Waals surface area contributed by atoms with E-state index in [9.17, 15) is 0 Å². The van der Waals surface area contributed by atoms with Crippen LogP contribution < -0.4 is 11.1 Å². The quantitative estimate of drug-likeness (QED) is 0.820. The minimum absolute atomic E-state index is 0.192. The van der Waals surface area contributed by atoms with Crippen LogP contribution in [0.15, 0.2) is 30.6 Å². The van der Waals surface area contributed by atoms with Crippen molar-refractivity contribution >= 4 is 34.6 Å². The molecule has 88 valence electrons. The van der Waals surface area contributed by atoms with Crippen LogP contribution >= 0.6 is 23.8 Å². The highest BCUT2D eigenvalue weighted by molar-refractivity contribution is 7.80. The van der Waals surface area contributed by atoms with E-state index in [1.54, 1.807) is 16.9 Å². The van der Waals surface area contributed by atoms with E-state index in [-0.39, 0.29) is 5.11 Å². The van der Waals surface area contributed by atoms with Crippen molar-refractivity contribution in [3.8, 4) is 5.69 Å². The van der Waals surface area contributed by atoms with Gasteiger partial charge in [0.05, 0.1) is 16.9 Å². The van der Waals surface area contributed by atoms with Gasteiger partial charge in [-0.15, -0.1) is 0 Å². The molecule has 0 aliphatic rings. The molecule has 2 rings (SSSR count). The molecular weight excluding hydrogens is 256 g/mol. The monoisotopic (exact) mass is 266 g/mol. The van der Waals surface area contributed by atoms with E-state index in [4.69, 9.17) is 29.6 Å². The molecule has 1 aromatic heterocycles. The van der Waals surface area contributed by atoms with Gasteiger partial charge in [-0.3, -0.25) is 0 Å². The van der Waals surface area contributed by atoms with Crippen molar-refractivity contribution in [1.82, 2.24) is 9.78 Å². The Hall–Kier alpha value is -1.59. The van der Waals surface area contributed by atoms with Gasteiger partial charge in [0, 0.05) is 6.20 Å². The number of halogens is 1. The van der Waals surface area contributed by atoms with Crippen molar-refractivity contribution < 1.29 is 0 Å². The Balaban J connectivity index is 2.54. The maximum absolute atomic E-state index is 6.17. The zero-order chi connectivity index (χ0) is 12.4. The summed E-state index contributed by atoms with van der Waals surface area (Å²) < 4.78 is 1.69. The zero-order valence-electron chi connectivity index (χ0n) is 9.14. The van der Waals surface area contributed by atoms with Gasteiger partial charge in [-0.25, -0.2) is 4.68 Å². The molecule has 0 unspecified atom stereocenters. The lowest BCUT2D eigenvalue weighted by Gasteiger charge is -2.12. The average Bonchev–Trinajstić information content (AvgIpc) is 2.64. The smallest absolute Gasteiger partial charge is 0.168 e. The number of anilines is 1. The van der Waals surface area contributed by atoms with Crippen molar-refractivity contribution in [2.75, 3.05) is 5.32 Å². The molecule has 2 aromatic rings. The minimum atomic E-state index is 0.192. The van der Waals surface area contributed by atoms with Gasteiger partial charge in [0.15, 0.2) is 5.11 Å². The molecule has 6 heteroatoms. The molecule has 1 heterocycles. The Bertz CT molecular complexity index is 564. The van der Waals surface area contributed by atoms with E-state index >= 15 is 0 Å². The van der Waals surface area contributed by atoms with E-state index in [1.807, 2.05) is 25.3 Å². The van der Waals surface area contributed by atoms with Gasteiger partial charge in [0.2, 0.25) is 0 Å². The predicted molar refractivity (Wildman–Crippen MR) is 73.7 cm³/mol. The maximum atomic E-state index is 6.17. The van der Waals surface area contributed by atoms with Crippen LogP contribution in [0.1, 0.15) is 5.56 Å². The van der Waals surface area contributed by atoms with E-state index in [1.165, 1.54) is 0 Å². The Morgan fingerprint density at radius 1 is 1.53 bits per heavy atom. The second-order valence-electron chi connectivity index (χ2n) is 3.59. The first-order valence-electron chi connectivity index (χ1n) is 4.94. The first-order valence-corrected chi connectivity index (χ1v) is 5.73. The fourth-order valence-electron chi connectivity index (χ4n) is 1.52. The summed E-state index contributed by atoms with van der Waals surface area (Å²) in [6.45, 7) is 1.96. The van der Waals surface area contributed by atoms with E-state index in [0.717, 1.165) is 16.9 Å². The fourth-order valence-corrected chi connectivity index (χ4v) is 1.89.